The number of aromatic nitrogens is 2. The largest absolute Gasteiger partial charge is 0.406 e. The van der Waals surface area contributed by atoms with Crippen LogP contribution in [-0.4, -0.2) is 33.6 Å². The van der Waals surface area contributed by atoms with Crippen LogP contribution < -0.4 is 10.6 Å². The van der Waals surface area contributed by atoms with Crippen molar-refractivity contribution in [1.29, 1.82) is 0 Å². The summed E-state index contributed by atoms with van der Waals surface area (Å²) in [6, 6.07) is 0.122. The second-order valence-electron chi connectivity index (χ2n) is 6.11. The van der Waals surface area contributed by atoms with E-state index in [1.807, 2.05) is 11.5 Å². The lowest BCUT2D eigenvalue weighted by Crippen LogP contribution is -2.53. The summed E-state index contributed by atoms with van der Waals surface area (Å²) in [7, 11) is 0. The Morgan fingerprint density at radius 2 is 2.20 bits per heavy atom. The van der Waals surface area contributed by atoms with Gasteiger partial charge >= 0.3 is 5.82 Å². The maximum Gasteiger partial charge on any atom is 0.406 e. The van der Waals surface area contributed by atoms with Crippen LogP contribution in [0, 0.1) is 22.5 Å². The molecule has 0 amide bonds. The summed E-state index contributed by atoms with van der Waals surface area (Å²) in [4.78, 5) is 17.0. The molecule has 1 fully saturated rings. The number of imidazole rings is 1. The van der Waals surface area contributed by atoms with E-state index in [2.05, 4.69) is 23.7 Å². The monoisotopic (exact) mass is 281 g/mol. The number of nitrogens with two attached hydrogens (primary N) is 1. The van der Waals surface area contributed by atoms with Gasteiger partial charge in [-0.15, -0.1) is 0 Å². The third-order valence-electron chi connectivity index (χ3n) is 4.21. The van der Waals surface area contributed by atoms with Crippen LogP contribution in [-0.2, 0) is 6.54 Å². The van der Waals surface area contributed by atoms with E-state index in [4.69, 9.17) is 5.73 Å². The number of hydrogen-bond acceptors (Lipinski definition) is 5. The zero-order chi connectivity index (χ0) is 15.1. The molecule has 2 N–H and O–H groups in total. The highest BCUT2D eigenvalue weighted by atomic mass is 16.6. The Morgan fingerprint density at radius 1 is 1.55 bits per heavy atom. The Labute approximate surface area is 118 Å². The Balaban J connectivity index is 2.44. The molecule has 20 heavy (non-hydrogen) atoms. The Kier molecular flexibility index (Phi) is 3.73. The average Bonchev–Trinajstić information content (AvgIpc) is 2.69. The van der Waals surface area contributed by atoms with Crippen LogP contribution in [0.25, 0.3) is 0 Å². The average molecular weight is 281 g/mol. The summed E-state index contributed by atoms with van der Waals surface area (Å²) in [6.45, 7) is 10.1. The first kappa shape index (κ1) is 14.8. The van der Waals surface area contributed by atoms with Crippen molar-refractivity contribution in [2.45, 2.75) is 46.7 Å². The van der Waals surface area contributed by atoms with Gasteiger partial charge in [0.25, 0.3) is 0 Å². The van der Waals surface area contributed by atoms with Gasteiger partial charge in [0.2, 0.25) is 11.6 Å². The fourth-order valence-electron chi connectivity index (χ4n) is 2.91. The minimum atomic E-state index is -0.393. The Morgan fingerprint density at radius 3 is 2.70 bits per heavy atom. The molecule has 1 saturated heterocycles. The molecule has 1 unspecified atom stereocenters. The minimum absolute atomic E-state index is 0.0457. The number of piperidine rings is 1. The highest BCUT2D eigenvalue weighted by Gasteiger charge is 2.38. The van der Waals surface area contributed by atoms with Crippen LogP contribution in [0.1, 0.15) is 33.0 Å². The summed E-state index contributed by atoms with van der Waals surface area (Å²) in [6.07, 6.45) is 0.831. The van der Waals surface area contributed by atoms with E-state index in [0.29, 0.717) is 24.7 Å². The molecule has 7 nitrogen and oxygen atoms in total. The van der Waals surface area contributed by atoms with Gasteiger partial charge in [-0.1, -0.05) is 13.8 Å². The first-order valence-electron chi connectivity index (χ1n) is 7.00. The SMILES string of the molecule is CCn1c(C)nc([N+](=O)[O-])c1N1CCC(N)C(C)(C)C1. The summed E-state index contributed by atoms with van der Waals surface area (Å²) >= 11 is 0. The fourth-order valence-corrected chi connectivity index (χ4v) is 2.91. The van der Waals surface area contributed by atoms with Gasteiger partial charge in [-0.2, -0.15) is 0 Å². The number of nitro groups is 1. The van der Waals surface area contributed by atoms with Crippen molar-refractivity contribution in [3.63, 3.8) is 0 Å². The standard InChI is InChI=1S/C13H23N5O2/c1-5-17-9(2)15-11(18(19)20)12(17)16-7-6-10(14)13(3,4)8-16/h10H,5-8,14H2,1-4H3. The Hall–Kier alpha value is -1.63. The second-order valence-corrected chi connectivity index (χ2v) is 6.11. The van der Waals surface area contributed by atoms with Crippen molar-refractivity contribution in [3.05, 3.63) is 15.9 Å². The minimum Gasteiger partial charge on any atom is -0.358 e. The molecule has 1 aliphatic heterocycles. The van der Waals surface area contributed by atoms with Crippen molar-refractivity contribution in [2.24, 2.45) is 11.1 Å². The van der Waals surface area contributed by atoms with Crippen LogP contribution in [0.15, 0.2) is 0 Å². The number of aryl methyl sites for hydroxylation is 1. The van der Waals surface area contributed by atoms with Gasteiger partial charge in [-0.05, 0) is 28.7 Å². The van der Waals surface area contributed by atoms with Gasteiger partial charge in [-0.25, -0.2) is 0 Å². The van der Waals surface area contributed by atoms with Crippen molar-refractivity contribution >= 4 is 11.6 Å². The molecule has 2 rings (SSSR count). The van der Waals surface area contributed by atoms with Crippen molar-refractivity contribution in [2.75, 3.05) is 18.0 Å². The van der Waals surface area contributed by atoms with Crippen molar-refractivity contribution in [1.82, 2.24) is 9.55 Å². The Bertz CT molecular complexity index is 523. The fraction of sp³-hybridized carbons (Fsp3) is 0.769. The molecule has 1 aromatic heterocycles. The molecule has 0 bridgehead atoms. The summed E-state index contributed by atoms with van der Waals surface area (Å²) in [5.74, 6) is 1.26. The maximum atomic E-state index is 11.2. The van der Waals surface area contributed by atoms with Crippen LogP contribution in [0.2, 0.25) is 0 Å². The number of nitrogens with zero attached hydrogens (tertiary/aromatic N) is 4. The van der Waals surface area contributed by atoms with E-state index >= 15 is 0 Å². The van der Waals surface area contributed by atoms with Gasteiger partial charge in [0.05, 0.1) is 0 Å². The summed E-state index contributed by atoms with van der Waals surface area (Å²) in [5.41, 5.74) is 6.08. The van der Waals surface area contributed by atoms with Gasteiger partial charge < -0.3 is 20.7 Å². The second kappa shape index (κ2) is 5.05. The quantitative estimate of drug-likeness (QED) is 0.672. The molecule has 112 valence electrons. The molecule has 0 aliphatic carbocycles. The number of hydrogen-bond donors (Lipinski definition) is 1. The predicted octanol–water partition coefficient (Wildman–Crippen LogP) is 1.68. The van der Waals surface area contributed by atoms with E-state index in [1.54, 1.807) is 6.92 Å². The maximum absolute atomic E-state index is 11.2. The highest BCUT2D eigenvalue weighted by Crippen LogP contribution is 2.35. The normalized spacial score (nSPS) is 22.1. The number of rotatable bonds is 3. The molecule has 0 saturated carbocycles. The van der Waals surface area contributed by atoms with E-state index in [0.717, 1.165) is 13.0 Å². The third kappa shape index (κ3) is 2.37. The lowest BCUT2D eigenvalue weighted by Gasteiger charge is -2.43. The third-order valence-corrected chi connectivity index (χ3v) is 4.21. The predicted molar refractivity (Wildman–Crippen MR) is 77.9 cm³/mol. The zero-order valence-corrected chi connectivity index (χ0v) is 12.6. The molecule has 2 heterocycles. The first-order valence-corrected chi connectivity index (χ1v) is 7.00. The van der Waals surface area contributed by atoms with E-state index in [1.165, 1.54) is 0 Å². The van der Waals surface area contributed by atoms with Gasteiger partial charge in [-0.3, -0.25) is 4.57 Å². The lowest BCUT2D eigenvalue weighted by atomic mass is 9.80. The molecular weight excluding hydrogens is 258 g/mol. The van der Waals surface area contributed by atoms with E-state index in [9.17, 15) is 10.1 Å². The highest BCUT2D eigenvalue weighted by molar-refractivity contribution is 5.56. The summed E-state index contributed by atoms with van der Waals surface area (Å²) < 4.78 is 1.91. The first-order chi connectivity index (χ1) is 9.27. The van der Waals surface area contributed by atoms with E-state index in [-0.39, 0.29) is 17.3 Å². The van der Waals surface area contributed by atoms with Crippen molar-refractivity contribution in [3.8, 4) is 0 Å². The van der Waals surface area contributed by atoms with Gasteiger partial charge in [0.1, 0.15) is 0 Å². The number of anilines is 1. The molecule has 0 radical (unpaired) electrons. The van der Waals surface area contributed by atoms with Crippen LogP contribution in [0.4, 0.5) is 11.6 Å². The molecule has 0 aromatic carbocycles. The summed E-state index contributed by atoms with van der Waals surface area (Å²) in [5, 5.41) is 11.2. The molecule has 1 atom stereocenters. The topological polar surface area (TPSA) is 90.2 Å². The molecule has 1 aromatic rings. The van der Waals surface area contributed by atoms with Crippen LogP contribution in [0.3, 0.4) is 0 Å². The zero-order valence-electron chi connectivity index (χ0n) is 12.6. The molecule has 7 heteroatoms. The van der Waals surface area contributed by atoms with Crippen LogP contribution >= 0.6 is 0 Å². The van der Waals surface area contributed by atoms with Gasteiger partial charge in [0.15, 0.2) is 0 Å². The molecule has 1 aliphatic rings. The molecular formula is C13H23N5O2. The molecule has 0 spiro atoms. The van der Waals surface area contributed by atoms with Gasteiger partial charge in [0, 0.05) is 32.6 Å². The van der Waals surface area contributed by atoms with E-state index < -0.39 is 4.92 Å². The van der Waals surface area contributed by atoms with Crippen molar-refractivity contribution < 1.29 is 4.92 Å². The van der Waals surface area contributed by atoms with Crippen LogP contribution in [0.5, 0.6) is 0 Å². The smallest absolute Gasteiger partial charge is 0.358 e. The lowest BCUT2D eigenvalue weighted by molar-refractivity contribution is -0.388.